The summed E-state index contributed by atoms with van der Waals surface area (Å²) in [6.45, 7) is 0. The third-order valence-corrected chi connectivity index (χ3v) is 3.62. The maximum atomic E-state index is 10.0. The van der Waals surface area contributed by atoms with Gasteiger partial charge in [-0.3, -0.25) is 0 Å². The molecule has 0 aliphatic carbocycles. The van der Waals surface area contributed by atoms with Gasteiger partial charge in [-0.25, -0.2) is 4.79 Å². The summed E-state index contributed by atoms with van der Waals surface area (Å²) >= 11 is 0. The molecule has 3 nitrogen and oxygen atoms in total. The van der Waals surface area contributed by atoms with Crippen LogP contribution in [0.4, 0.5) is 0 Å². The second-order valence-corrected chi connectivity index (χ2v) is 4.53. The lowest BCUT2D eigenvalue weighted by Crippen LogP contribution is -2.04. The summed E-state index contributed by atoms with van der Waals surface area (Å²) in [7, 11) is 3.74. The number of rotatable bonds is 1. The molecule has 1 aliphatic rings. The molecule has 1 heterocycles. The maximum Gasteiger partial charge on any atom is 0.362 e. The molecule has 8 heavy (non-hydrogen) atoms. The quantitative estimate of drug-likeness (QED) is 0.473. The van der Waals surface area contributed by atoms with E-state index in [9.17, 15) is 4.79 Å². The minimum absolute atomic E-state index is 0.181. The zero-order valence-corrected chi connectivity index (χ0v) is 5.98. The van der Waals surface area contributed by atoms with Gasteiger partial charge < -0.3 is 5.11 Å². The van der Waals surface area contributed by atoms with Crippen LogP contribution in [0.25, 0.3) is 0 Å². The fourth-order valence-electron chi connectivity index (χ4n) is 0.186. The average molecular weight is 167 g/mol. The summed E-state index contributed by atoms with van der Waals surface area (Å²) in [5.41, 5.74) is 0. The summed E-state index contributed by atoms with van der Waals surface area (Å²) in [5, 5.41) is 8.42. The van der Waals surface area contributed by atoms with E-state index >= 15 is 0 Å². The second kappa shape index (κ2) is 2.65. The van der Waals surface area contributed by atoms with Crippen LogP contribution in [0, 0.1) is 0 Å². The first-order chi connectivity index (χ1) is 3.80. The monoisotopic (exact) mass is 167 g/mol. The smallest absolute Gasteiger partial charge is 0.362 e. The fraction of sp³-hybridized carbons (Fsp3) is 0. The van der Waals surface area contributed by atoms with Crippen molar-refractivity contribution in [1.29, 1.82) is 0 Å². The van der Waals surface area contributed by atoms with E-state index in [0.717, 1.165) is 0 Å². The van der Waals surface area contributed by atoms with E-state index in [-0.39, 0.29) is 5.04 Å². The van der Waals surface area contributed by atoms with Crippen molar-refractivity contribution in [2.75, 3.05) is 0 Å². The van der Waals surface area contributed by atoms with Gasteiger partial charge in [0.25, 0.3) is 0 Å². The zero-order chi connectivity index (χ0) is 5.98. The first-order valence-electron chi connectivity index (χ1n) is 1.62. The molecule has 0 amide bonds. The molecule has 0 saturated carbocycles. The normalized spacial score (nSPS) is 18.2. The van der Waals surface area contributed by atoms with Crippen LogP contribution >= 0.6 is 31.6 Å². The Labute approximate surface area is 57.3 Å². The third kappa shape index (κ3) is 1.33. The molecular formula is C2HNO2S3. The number of nitrogens with zero attached hydrogens (tertiary/aromatic N) is 1. The number of carbonyl (C=O) groups is 1. The molecule has 0 saturated heterocycles. The maximum absolute atomic E-state index is 10.0. The van der Waals surface area contributed by atoms with E-state index in [1.54, 1.807) is 0 Å². The minimum Gasteiger partial charge on any atom is -0.476 e. The van der Waals surface area contributed by atoms with Gasteiger partial charge in [0.1, 0.15) is 0 Å². The van der Waals surface area contributed by atoms with Crippen molar-refractivity contribution in [2.45, 2.75) is 0 Å². The van der Waals surface area contributed by atoms with Gasteiger partial charge in [-0.1, -0.05) is 0 Å². The Morgan fingerprint density at radius 3 is 2.75 bits per heavy atom. The van der Waals surface area contributed by atoms with E-state index in [2.05, 4.69) is 4.40 Å². The molecule has 44 valence electrons. The molecule has 0 aromatic heterocycles. The summed E-state index contributed by atoms with van der Waals surface area (Å²) in [6.07, 6.45) is 0. The van der Waals surface area contributed by atoms with Crippen molar-refractivity contribution in [3.8, 4) is 0 Å². The second-order valence-electron chi connectivity index (χ2n) is 0.928. The number of aliphatic carboxylic acids is 1. The van der Waals surface area contributed by atoms with Crippen LogP contribution in [0.5, 0.6) is 0 Å². The highest BCUT2D eigenvalue weighted by atomic mass is 33.5. The van der Waals surface area contributed by atoms with Crippen molar-refractivity contribution in [3.63, 3.8) is 0 Å². The number of carboxylic acid groups (broad SMARTS) is 1. The van der Waals surface area contributed by atoms with E-state index in [4.69, 9.17) is 5.11 Å². The number of hydrogen-bond donors (Lipinski definition) is 1. The molecule has 0 spiro atoms. The van der Waals surface area contributed by atoms with Gasteiger partial charge in [-0.15, -0.1) is 0 Å². The van der Waals surface area contributed by atoms with E-state index in [1.165, 1.54) is 31.6 Å². The Balaban J connectivity index is 2.57. The van der Waals surface area contributed by atoms with Crippen molar-refractivity contribution in [2.24, 2.45) is 4.40 Å². The Hall–Kier alpha value is 0.190. The van der Waals surface area contributed by atoms with E-state index < -0.39 is 5.97 Å². The molecule has 0 fully saturated rings. The predicted molar refractivity (Wildman–Crippen MR) is 37.8 cm³/mol. The van der Waals surface area contributed by atoms with Crippen molar-refractivity contribution >= 4 is 42.6 Å². The molecule has 0 unspecified atom stereocenters. The van der Waals surface area contributed by atoms with Crippen LogP contribution in [0.2, 0.25) is 0 Å². The van der Waals surface area contributed by atoms with Crippen LogP contribution in [0.15, 0.2) is 4.40 Å². The standard InChI is InChI=1S/C2HNO2S3/c4-2(5)1-3-7-8-6-1/h(H,4,5). The van der Waals surface area contributed by atoms with E-state index in [0.29, 0.717) is 0 Å². The van der Waals surface area contributed by atoms with Crippen LogP contribution in [-0.2, 0) is 4.79 Å². The van der Waals surface area contributed by atoms with Gasteiger partial charge in [0.2, 0.25) is 5.04 Å². The molecule has 0 bridgehead atoms. The number of hydrogen-bond acceptors (Lipinski definition) is 5. The summed E-state index contributed by atoms with van der Waals surface area (Å²) < 4.78 is 3.59. The Bertz CT molecular complexity index is 144. The third-order valence-electron chi connectivity index (χ3n) is 0.447. The summed E-state index contributed by atoms with van der Waals surface area (Å²) in [4.78, 5) is 10.0. The molecule has 1 rings (SSSR count). The Kier molecular flexibility index (Phi) is 2.09. The van der Waals surface area contributed by atoms with E-state index in [1.807, 2.05) is 0 Å². The Morgan fingerprint density at radius 1 is 1.75 bits per heavy atom. The highest BCUT2D eigenvalue weighted by Crippen LogP contribution is 2.43. The van der Waals surface area contributed by atoms with Gasteiger partial charge in [-0.05, 0) is 10.8 Å². The molecule has 0 aromatic rings. The van der Waals surface area contributed by atoms with Gasteiger partial charge in [-0.2, -0.15) is 4.40 Å². The lowest BCUT2D eigenvalue weighted by Gasteiger charge is -1.81. The molecule has 0 aromatic carbocycles. The molecule has 0 atom stereocenters. The molecule has 1 aliphatic heterocycles. The average Bonchev–Trinajstić information content (AvgIpc) is 2.12. The topological polar surface area (TPSA) is 49.7 Å². The lowest BCUT2D eigenvalue weighted by molar-refractivity contribution is -0.129. The van der Waals surface area contributed by atoms with Crippen LogP contribution in [0.3, 0.4) is 0 Å². The van der Waals surface area contributed by atoms with Gasteiger partial charge in [0.15, 0.2) is 0 Å². The van der Waals surface area contributed by atoms with Gasteiger partial charge in [0.05, 0.1) is 11.0 Å². The first kappa shape index (κ1) is 6.31. The van der Waals surface area contributed by atoms with Crippen LogP contribution in [-0.4, -0.2) is 16.1 Å². The van der Waals surface area contributed by atoms with Crippen molar-refractivity contribution < 1.29 is 9.90 Å². The number of carboxylic acids is 1. The molecule has 1 N–H and O–H groups in total. The SMILES string of the molecule is O=C(O)C1=NSSS1. The van der Waals surface area contributed by atoms with Crippen LogP contribution in [0.1, 0.15) is 0 Å². The first-order valence-corrected chi connectivity index (χ1v) is 5.06. The van der Waals surface area contributed by atoms with Crippen molar-refractivity contribution in [1.82, 2.24) is 0 Å². The van der Waals surface area contributed by atoms with Gasteiger partial charge >= 0.3 is 5.97 Å². The van der Waals surface area contributed by atoms with Gasteiger partial charge in [0, 0.05) is 9.83 Å². The zero-order valence-electron chi connectivity index (χ0n) is 3.53. The highest BCUT2D eigenvalue weighted by Gasteiger charge is 2.15. The van der Waals surface area contributed by atoms with Crippen LogP contribution < -0.4 is 0 Å². The fourth-order valence-corrected chi connectivity index (χ4v) is 3.12. The highest BCUT2D eigenvalue weighted by molar-refractivity contribution is 9.13. The summed E-state index contributed by atoms with van der Waals surface area (Å²) in [6, 6.07) is 0. The molecule has 6 heteroatoms. The predicted octanol–water partition coefficient (Wildman–Crippen LogP) is 1.43. The largest absolute Gasteiger partial charge is 0.476 e. The lowest BCUT2D eigenvalue weighted by atomic mass is 10.8. The van der Waals surface area contributed by atoms with Crippen molar-refractivity contribution in [3.05, 3.63) is 0 Å². The Morgan fingerprint density at radius 2 is 2.50 bits per heavy atom. The minimum atomic E-state index is -0.937. The molecule has 0 radical (unpaired) electrons. The summed E-state index contributed by atoms with van der Waals surface area (Å²) in [5.74, 6) is -0.937. The molecular weight excluding hydrogens is 166 g/mol.